The molecule has 1 aliphatic rings. The van der Waals surface area contributed by atoms with Gasteiger partial charge in [0.15, 0.2) is 0 Å². The van der Waals surface area contributed by atoms with Crippen LogP contribution in [-0.2, 0) is 27.0 Å². The van der Waals surface area contributed by atoms with Gasteiger partial charge in [0.2, 0.25) is 15.9 Å². The second-order valence-electron chi connectivity index (χ2n) is 8.24. The highest BCUT2D eigenvalue weighted by atomic mass is 32.2. The summed E-state index contributed by atoms with van der Waals surface area (Å²) in [4.78, 5) is 14.1. The molecule has 0 unspecified atom stereocenters. The maximum atomic E-state index is 12.9. The number of hydrogen-bond donors (Lipinski definition) is 1. The zero-order valence-corrected chi connectivity index (χ0v) is 18.1. The Morgan fingerprint density at radius 2 is 1.77 bits per heavy atom. The Balaban J connectivity index is 1.57. The van der Waals surface area contributed by atoms with Gasteiger partial charge in [0.25, 0.3) is 0 Å². The third-order valence-corrected chi connectivity index (χ3v) is 6.56. The van der Waals surface area contributed by atoms with Gasteiger partial charge >= 0.3 is 0 Å². The SMILES string of the molecule is CC(C)CN1C(=O)CCc2cc(NS(=O)(=O)Cc3cccc4ccccc34)ccc21. The van der Waals surface area contributed by atoms with Gasteiger partial charge in [0, 0.05) is 24.3 Å². The predicted octanol–water partition coefficient (Wildman–Crippen LogP) is 4.72. The predicted molar refractivity (Wildman–Crippen MR) is 122 cm³/mol. The van der Waals surface area contributed by atoms with Crippen molar-refractivity contribution in [2.45, 2.75) is 32.4 Å². The first-order valence-corrected chi connectivity index (χ1v) is 11.9. The van der Waals surface area contributed by atoms with E-state index in [0.29, 0.717) is 31.0 Å². The molecule has 0 spiro atoms. The molecule has 1 aliphatic heterocycles. The van der Waals surface area contributed by atoms with Gasteiger partial charge in [-0.1, -0.05) is 56.3 Å². The summed E-state index contributed by atoms with van der Waals surface area (Å²) in [6.45, 7) is 4.83. The van der Waals surface area contributed by atoms with Crippen LogP contribution in [0.5, 0.6) is 0 Å². The Morgan fingerprint density at radius 3 is 2.57 bits per heavy atom. The van der Waals surface area contributed by atoms with Crippen LogP contribution in [0.2, 0.25) is 0 Å². The summed E-state index contributed by atoms with van der Waals surface area (Å²) < 4.78 is 28.5. The number of nitrogens with one attached hydrogen (secondary N) is 1. The average Bonchev–Trinajstić information content (AvgIpc) is 2.69. The van der Waals surface area contributed by atoms with E-state index in [1.54, 1.807) is 6.07 Å². The van der Waals surface area contributed by atoms with E-state index >= 15 is 0 Å². The minimum absolute atomic E-state index is 0.0939. The van der Waals surface area contributed by atoms with Crippen molar-refractivity contribution in [2.24, 2.45) is 5.92 Å². The van der Waals surface area contributed by atoms with Gasteiger partial charge in [0.1, 0.15) is 0 Å². The Morgan fingerprint density at radius 1 is 1.00 bits per heavy atom. The molecule has 1 N–H and O–H groups in total. The highest BCUT2D eigenvalue weighted by Crippen LogP contribution is 2.31. The molecule has 0 fully saturated rings. The average molecular weight is 423 g/mol. The number of rotatable bonds is 6. The van der Waals surface area contributed by atoms with Crippen molar-refractivity contribution < 1.29 is 13.2 Å². The lowest BCUT2D eigenvalue weighted by Crippen LogP contribution is -2.37. The van der Waals surface area contributed by atoms with Crippen LogP contribution in [0.4, 0.5) is 11.4 Å². The molecule has 3 aromatic rings. The van der Waals surface area contributed by atoms with Crippen LogP contribution in [0.1, 0.15) is 31.4 Å². The second-order valence-corrected chi connectivity index (χ2v) is 9.96. The summed E-state index contributed by atoms with van der Waals surface area (Å²) in [5.74, 6) is 0.392. The molecule has 4 rings (SSSR count). The van der Waals surface area contributed by atoms with E-state index in [0.717, 1.165) is 27.6 Å². The first-order valence-electron chi connectivity index (χ1n) is 10.2. The van der Waals surface area contributed by atoms with Crippen molar-refractivity contribution in [1.82, 2.24) is 0 Å². The molecular weight excluding hydrogens is 396 g/mol. The van der Waals surface area contributed by atoms with Gasteiger partial charge in [-0.05, 0) is 52.4 Å². The maximum Gasteiger partial charge on any atom is 0.236 e. The number of anilines is 2. The monoisotopic (exact) mass is 422 g/mol. The lowest BCUT2D eigenvalue weighted by atomic mass is 9.99. The molecule has 6 heteroatoms. The molecule has 1 amide bonds. The number of carbonyl (C=O) groups excluding carboxylic acids is 1. The van der Waals surface area contributed by atoms with Gasteiger partial charge in [-0.2, -0.15) is 0 Å². The van der Waals surface area contributed by atoms with Crippen molar-refractivity contribution in [3.05, 3.63) is 71.8 Å². The van der Waals surface area contributed by atoms with Gasteiger partial charge in [-0.3, -0.25) is 9.52 Å². The van der Waals surface area contributed by atoms with E-state index in [1.807, 2.05) is 59.5 Å². The van der Waals surface area contributed by atoms with Crippen LogP contribution in [0.3, 0.4) is 0 Å². The fraction of sp³-hybridized carbons (Fsp3) is 0.292. The molecule has 5 nitrogen and oxygen atoms in total. The molecule has 0 bridgehead atoms. The van der Waals surface area contributed by atoms with Crippen molar-refractivity contribution in [3.8, 4) is 0 Å². The second kappa shape index (κ2) is 8.11. The number of fused-ring (bicyclic) bond motifs is 2. The normalized spacial score (nSPS) is 14.2. The van der Waals surface area contributed by atoms with Crippen LogP contribution in [-0.4, -0.2) is 20.9 Å². The van der Waals surface area contributed by atoms with Crippen molar-refractivity contribution in [1.29, 1.82) is 0 Å². The van der Waals surface area contributed by atoms with Crippen LogP contribution >= 0.6 is 0 Å². The third kappa shape index (κ3) is 4.33. The zero-order valence-electron chi connectivity index (χ0n) is 17.3. The minimum Gasteiger partial charge on any atom is -0.312 e. The summed E-state index contributed by atoms with van der Waals surface area (Å²) in [6.07, 6.45) is 1.08. The van der Waals surface area contributed by atoms with E-state index in [-0.39, 0.29) is 11.7 Å². The Bertz CT molecular complexity index is 1200. The van der Waals surface area contributed by atoms with Gasteiger partial charge in [-0.15, -0.1) is 0 Å². The van der Waals surface area contributed by atoms with Gasteiger partial charge < -0.3 is 4.90 Å². The zero-order chi connectivity index (χ0) is 21.3. The fourth-order valence-corrected chi connectivity index (χ4v) is 5.25. The minimum atomic E-state index is -3.58. The summed E-state index contributed by atoms with van der Waals surface area (Å²) in [7, 11) is -3.58. The highest BCUT2D eigenvalue weighted by Gasteiger charge is 2.25. The third-order valence-electron chi connectivity index (χ3n) is 5.33. The molecule has 156 valence electrons. The lowest BCUT2D eigenvalue weighted by molar-refractivity contribution is -0.119. The summed E-state index contributed by atoms with van der Waals surface area (Å²) in [5.41, 5.74) is 3.19. The van der Waals surface area contributed by atoms with Gasteiger partial charge in [-0.25, -0.2) is 8.42 Å². The molecule has 0 aliphatic carbocycles. The van der Waals surface area contributed by atoms with Crippen LogP contribution < -0.4 is 9.62 Å². The number of nitrogens with zero attached hydrogens (tertiary/aromatic N) is 1. The van der Waals surface area contributed by atoms with Crippen molar-refractivity contribution in [2.75, 3.05) is 16.2 Å². The Kier molecular flexibility index (Phi) is 5.52. The smallest absolute Gasteiger partial charge is 0.236 e. The molecule has 3 aromatic carbocycles. The first kappa shape index (κ1) is 20.4. The van der Waals surface area contributed by atoms with Crippen molar-refractivity contribution in [3.63, 3.8) is 0 Å². The number of benzene rings is 3. The molecule has 0 atom stereocenters. The largest absolute Gasteiger partial charge is 0.312 e. The molecule has 0 radical (unpaired) electrons. The van der Waals surface area contributed by atoms with E-state index in [2.05, 4.69) is 18.6 Å². The molecule has 0 saturated heterocycles. The summed E-state index contributed by atoms with van der Waals surface area (Å²) >= 11 is 0. The number of aryl methyl sites for hydroxylation is 1. The molecule has 0 aromatic heterocycles. The topological polar surface area (TPSA) is 66.5 Å². The number of hydrogen-bond acceptors (Lipinski definition) is 3. The first-order chi connectivity index (χ1) is 14.3. The summed E-state index contributed by atoms with van der Waals surface area (Å²) in [5, 5.41) is 1.97. The highest BCUT2D eigenvalue weighted by molar-refractivity contribution is 7.91. The fourth-order valence-electron chi connectivity index (χ4n) is 4.03. The molecule has 30 heavy (non-hydrogen) atoms. The van der Waals surface area contributed by atoms with E-state index in [1.165, 1.54) is 0 Å². The van der Waals surface area contributed by atoms with Gasteiger partial charge in [0.05, 0.1) is 5.75 Å². The standard InChI is InChI=1S/C24H26N2O3S/c1-17(2)15-26-23-12-11-21(14-19(23)10-13-24(26)27)25-30(28,29)16-20-8-5-7-18-6-3-4-9-22(18)20/h3-9,11-12,14,17,25H,10,13,15-16H2,1-2H3. The Labute approximate surface area is 177 Å². The molecule has 0 saturated carbocycles. The van der Waals surface area contributed by atoms with E-state index in [4.69, 9.17) is 0 Å². The quantitative estimate of drug-likeness (QED) is 0.625. The maximum absolute atomic E-state index is 12.9. The van der Waals surface area contributed by atoms with Crippen LogP contribution in [0.15, 0.2) is 60.7 Å². The van der Waals surface area contributed by atoms with E-state index < -0.39 is 10.0 Å². The number of amides is 1. The lowest BCUT2D eigenvalue weighted by Gasteiger charge is -2.31. The number of carbonyl (C=O) groups is 1. The van der Waals surface area contributed by atoms with Crippen LogP contribution in [0.25, 0.3) is 10.8 Å². The Hall–Kier alpha value is -2.86. The van der Waals surface area contributed by atoms with Crippen molar-refractivity contribution >= 4 is 38.1 Å². The summed E-state index contributed by atoms with van der Waals surface area (Å²) in [6, 6.07) is 18.9. The molecule has 1 heterocycles. The van der Waals surface area contributed by atoms with Crippen LogP contribution in [0, 0.1) is 5.92 Å². The molecular formula is C24H26N2O3S. The van der Waals surface area contributed by atoms with E-state index in [9.17, 15) is 13.2 Å². The number of sulfonamides is 1.